The zero-order valence-corrected chi connectivity index (χ0v) is 37.6. The molecule has 0 aliphatic heterocycles. The molecule has 2 aromatic carbocycles. The molecule has 0 amide bonds. The molecule has 0 saturated carbocycles. The van der Waals surface area contributed by atoms with Crippen LogP contribution in [0.25, 0.3) is 0 Å². The molecule has 0 saturated heterocycles. The van der Waals surface area contributed by atoms with Gasteiger partial charge in [-0.1, -0.05) is 254 Å². The maximum Gasteiger partial charge on any atom is 0.115 e. The first-order valence-electron chi connectivity index (χ1n) is 24.2. The molecule has 0 fully saturated rings. The summed E-state index contributed by atoms with van der Waals surface area (Å²) in [5, 5.41) is 0. The van der Waals surface area contributed by atoms with Crippen LogP contribution in [0.5, 0.6) is 0 Å². The van der Waals surface area contributed by atoms with Crippen LogP contribution in [-0.4, -0.2) is 17.6 Å². The SMILES string of the molecule is CCCCCCCCCCCCCCCCCC(c1ccccc1)[N+](CC)(CC)C(CCCCCCCCCCCCCCCCC)c1ccccc1.[Cl-]. The minimum absolute atomic E-state index is 0. The molecule has 0 bridgehead atoms. The lowest BCUT2D eigenvalue weighted by atomic mass is 9.88. The van der Waals surface area contributed by atoms with Crippen molar-refractivity contribution in [2.24, 2.45) is 0 Å². The number of unbranched alkanes of at least 4 members (excludes halogenated alkanes) is 28. The van der Waals surface area contributed by atoms with Crippen LogP contribution in [0.3, 0.4) is 0 Å². The second-order valence-electron chi connectivity index (χ2n) is 17.1. The van der Waals surface area contributed by atoms with E-state index in [1.54, 1.807) is 11.1 Å². The van der Waals surface area contributed by atoms with E-state index < -0.39 is 0 Å². The van der Waals surface area contributed by atoms with Gasteiger partial charge >= 0.3 is 0 Å². The number of benzene rings is 2. The van der Waals surface area contributed by atoms with Crippen molar-refractivity contribution in [3.05, 3.63) is 71.8 Å². The van der Waals surface area contributed by atoms with Gasteiger partial charge in [0.1, 0.15) is 12.1 Å². The van der Waals surface area contributed by atoms with Crippen molar-refractivity contribution in [2.45, 2.75) is 245 Å². The van der Waals surface area contributed by atoms with Gasteiger partial charge in [-0.2, -0.15) is 0 Å². The molecule has 54 heavy (non-hydrogen) atoms. The molecule has 0 N–H and O–H groups in total. The number of rotatable bonds is 38. The minimum Gasteiger partial charge on any atom is -1.00 e. The van der Waals surface area contributed by atoms with Crippen LogP contribution in [0.2, 0.25) is 0 Å². The number of nitrogens with zero attached hydrogens (tertiary/aromatic N) is 1. The molecule has 0 aromatic heterocycles. The third-order valence-corrected chi connectivity index (χ3v) is 12.9. The summed E-state index contributed by atoms with van der Waals surface area (Å²) in [5.74, 6) is 0. The lowest BCUT2D eigenvalue weighted by molar-refractivity contribution is -0.983. The van der Waals surface area contributed by atoms with Crippen LogP contribution in [0, 0.1) is 0 Å². The van der Waals surface area contributed by atoms with Crippen molar-refractivity contribution in [1.82, 2.24) is 0 Å². The fourth-order valence-corrected chi connectivity index (χ4v) is 9.53. The molecule has 0 aliphatic rings. The Kier molecular flexibility index (Phi) is 33.9. The van der Waals surface area contributed by atoms with Crippen LogP contribution in [0.15, 0.2) is 60.7 Å². The summed E-state index contributed by atoms with van der Waals surface area (Å²) in [6.45, 7) is 12.0. The molecule has 2 rings (SSSR count). The predicted octanol–water partition coefficient (Wildman–Crippen LogP) is 14.9. The number of hydrogen-bond acceptors (Lipinski definition) is 0. The predicted molar refractivity (Wildman–Crippen MR) is 239 cm³/mol. The van der Waals surface area contributed by atoms with E-state index in [1.807, 2.05) is 0 Å². The van der Waals surface area contributed by atoms with Crippen LogP contribution < -0.4 is 12.4 Å². The van der Waals surface area contributed by atoms with Crippen LogP contribution >= 0.6 is 0 Å². The Morgan fingerprint density at radius 1 is 0.315 bits per heavy atom. The van der Waals surface area contributed by atoms with Gasteiger partial charge in [-0.15, -0.1) is 0 Å². The smallest absolute Gasteiger partial charge is 0.115 e. The molecular formula is C52H92ClN. The molecule has 0 radical (unpaired) electrons. The van der Waals surface area contributed by atoms with Gasteiger partial charge in [0.15, 0.2) is 0 Å². The lowest BCUT2D eigenvalue weighted by Gasteiger charge is -2.50. The Hall–Kier alpha value is -1.31. The first-order valence-corrected chi connectivity index (χ1v) is 24.2. The van der Waals surface area contributed by atoms with Gasteiger partial charge in [-0.3, -0.25) is 0 Å². The zero-order valence-electron chi connectivity index (χ0n) is 36.8. The van der Waals surface area contributed by atoms with Crippen molar-refractivity contribution < 1.29 is 16.9 Å². The van der Waals surface area contributed by atoms with E-state index in [0.29, 0.717) is 12.1 Å². The molecular weight excluding hydrogens is 674 g/mol. The van der Waals surface area contributed by atoms with Gasteiger partial charge in [0, 0.05) is 24.0 Å². The highest BCUT2D eigenvalue weighted by Crippen LogP contribution is 2.44. The largest absolute Gasteiger partial charge is 1.00 e. The van der Waals surface area contributed by atoms with Gasteiger partial charge < -0.3 is 16.9 Å². The molecule has 2 atom stereocenters. The number of hydrogen-bond donors (Lipinski definition) is 0. The van der Waals surface area contributed by atoms with E-state index in [2.05, 4.69) is 88.4 Å². The summed E-state index contributed by atoms with van der Waals surface area (Å²) >= 11 is 0. The Bertz CT molecular complexity index is 938. The maximum atomic E-state index is 2.49. The second-order valence-corrected chi connectivity index (χ2v) is 17.1. The third kappa shape index (κ3) is 22.4. The van der Waals surface area contributed by atoms with Crippen molar-refractivity contribution in [2.75, 3.05) is 13.1 Å². The van der Waals surface area contributed by atoms with Crippen LogP contribution in [0.4, 0.5) is 0 Å². The summed E-state index contributed by atoms with van der Waals surface area (Å²) in [5.41, 5.74) is 3.14. The Labute approximate surface area is 345 Å². The molecule has 312 valence electrons. The monoisotopic (exact) mass is 766 g/mol. The van der Waals surface area contributed by atoms with Gasteiger partial charge in [0.05, 0.1) is 13.1 Å². The lowest BCUT2D eigenvalue weighted by Crippen LogP contribution is -3.00. The first kappa shape index (κ1) is 50.7. The summed E-state index contributed by atoms with van der Waals surface area (Å²) in [4.78, 5) is 0. The van der Waals surface area contributed by atoms with E-state index in [4.69, 9.17) is 0 Å². The molecule has 0 spiro atoms. The van der Waals surface area contributed by atoms with Gasteiger partial charge in [-0.25, -0.2) is 0 Å². The molecule has 2 heteroatoms. The van der Waals surface area contributed by atoms with Crippen molar-refractivity contribution in [1.29, 1.82) is 0 Å². The maximum absolute atomic E-state index is 2.49. The fraction of sp³-hybridized carbons (Fsp3) is 0.769. The summed E-state index contributed by atoms with van der Waals surface area (Å²) in [6.07, 6.45) is 45.6. The van der Waals surface area contributed by atoms with Crippen LogP contribution in [-0.2, 0) is 0 Å². The first-order chi connectivity index (χ1) is 26.2. The minimum atomic E-state index is 0. The molecule has 2 unspecified atom stereocenters. The molecule has 0 aliphatic carbocycles. The fourth-order valence-electron chi connectivity index (χ4n) is 9.53. The highest BCUT2D eigenvalue weighted by molar-refractivity contribution is 5.20. The average Bonchev–Trinajstić information content (AvgIpc) is 3.20. The van der Waals surface area contributed by atoms with E-state index in [1.165, 1.54) is 223 Å². The average molecular weight is 767 g/mol. The zero-order chi connectivity index (χ0) is 37.9. The van der Waals surface area contributed by atoms with E-state index in [-0.39, 0.29) is 12.4 Å². The topological polar surface area (TPSA) is 0 Å². The van der Waals surface area contributed by atoms with E-state index >= 15 is 0 Å². The summed E-state index contributed by atoms with van der Waals surface area (Å²) in [7, 11) is 0. The highest BCUT2D eigenvalue weighted by atomic mass is 35.5. The van der Waals surface area contributed by atoms with Crippen LogP contribution in [0.1, 0.15) is 256 Å². The Balaban J connectivity index is 0.0000146. The normalized spacial score (nSPS) is 12.8. The summed E-state index contributed by atoms with van der Waals surface area (Å²) < 4.78 is 1.20. The molecule has 0 heterocycles. The standard InChI is InChI=1S/C52H92N.ClH/c1-5-9-11-13-15-17-19-21-23-25-27-29-31-33-41-47-51(49-43-37-35-38-44-49)53(7-3,8-4)52(50-45-39-36-40-46-50)48-42-34-32-30-28-26-24-22-20-18-16-14-12-10-6-2;/h35-40,43-46,51-52H,5-34,41-42,47-48H2,1-4H3;1H/q+1;/p-1. The van der Waals surface area contributed by atoms with Crippen molar-refractivity contribution >= 4 is 0 Å². The number of quaternary nitrogens is 1. The number of halogens is 1. The quantitative estimate of drug-likeness (QED) is 0.0472. The van der Waals surface area contributed by atoms with Gasteiger partial charge in [-0.05, 0) is 26.7 Å². The van der Waals surface area contributed by atoms with Gasteiger partial charge in [0.2, 0.25) is 0 Å². The Morgan fingerprint density at radius 2 is 0.537 bits per heavy atom. The van der Waals surface area contributed by atoms with Crippen molar-refractivity contribution in [3.8, 4) is 0 Å². The van der Waals surface area contributed by atoms with E-state index in [0.717, 1.165) is 0 Å². The van der Waals surface area contributed by atoms with Crippen molar-refractivity contribution in [3.63, 3.8) is 0 Å². The van der Waals surface area contributed by atoms with E-state index in [9.17, 15) is 0 Å². The molecule has 1 nitrogen and oxygen atoms in total. The van der Waals surface area contributed by atoms with Gasteiger partial charge in [0.25, 0.3) is 0 Å². The highest BCUT2D eigenvalue weighted by Gasteiger charge is 2.42. The summed E-state index contributed by atoms with van der Waals surface area (Å²) in [6, 6.07) is 24.5. The second kappa shape index (κ2) is 36.1. The Morgan fingerprint density at radius 3 is 0.759 bits per heavy atom. The third-order valence-electron chi connectivity index (χ3n) is 12.9. The molecule has 2 aromatic rings.